The van der Waals surface area contributed by atoms with Crippen molar-refractivity contribution in [3.05, 3.63) is 35.2 Å². The molecule has 5 heteroatoms. The van der Waals surface area contributed by atoms with Gasteiger partial charge in [0, 0.05) is 30.6 Å². The Morgan fingerprint density at radius 1 is 1.25 bits per heavy atom. The van der Waals surface area contributed by atoms with Gasteiger partial charge < -0.3 is 4.98 Å². The molecule has 1 aliphatic carbocycles. The second kappa shape index (κ2) is 6.03. The molecule has 2 N–H and O–H groups in total. The van der Waals surface area contributed by atoms with Crippen LogP contribution in [0.1, 0.15) is 75.3 Å². The SMILES string of the molecule is CC(C)(C)c1cc([C@@H]2c3nc[nH]c3CCN2CC2CCCC2)[nH]n1. The first-order valence-corrected chi connectivity index (χ1v) is 9.34. The molecule has 0 aromatic carbocycles. The molecule has 5 nitrogen and oxygen atoms in total. The van der Waals surface area contributed by atoms with Crippen LogP contribution in [0.3, 0.4) is 0 Å². The van der Waals surface area contributed by atoms with Gasteiger partial charge in [-0.05, 0) is 24.8 Å². The van der Waals surface area contributed by atoms with Crippen LogP contribution in [0.2, 0.25) is 0 Å². The first kappa shape index (κ1) is 15.9. The van der Waals surface area contributed by atoms with Crippen LogP contribution in [0, 0.1) is 5.92 Å². The summed E-state index contributed by atoms with van der Waals surface area (Å²) in [5.41, 5.74) is 4.85. The molecule has 3 heterocycles. The largest absolute Gasteiger partial charge is 0.348 e. The first-order chi connectivity index (χ1) is 11.5. The normalized spacial score (nSPS) is 22.9. The van der Waals surface area contributed by atoms with Gasteiger partial charge in [0.2, 0.25) is 0 Å². The Morgan fingerprint density at radius 3 is 2.75 bits per heavy atom. The average molecular weight is 327 g/mol. The fourth-order valence-electron chi connectivity index (χ4n) is 4.25. The number of aromatic amines is 2. The topological polar surface area (TPSA) is 60.6 Å². The predicted molar refractivity (Wildman–Crippen MR) is 95.0 cm³/mol. The van der Waals surface area contributed by atoms with Gasteiger partial charge in [-0.25, -0.2) is 4.98 Å². The van der Waals surface area contributed by atoms with Crippen LogP contribution in [0.25, 0.3) is 0 Å². The van der Waals surface area contributed by atoms with E-state index in [-0.39, 0.29) is 11.5 Å². The van der Waals surface area contributed by atoms with Crippen LogP contribution >= 0.6 is 0 Å². The van der Waals surface area contributed by atoms with E-state index < -0.39 is 0 Å². The Morgan fingerprint density at radius 2 is 2.04 bits per heavy atom. The van der Waals surface area contributed by atoms with Gasteiger partial charge in [0.25, 0.3) is 0 Å². The lowest BCUT2D eigenvalue weighted by atomic mass is 9.91. The van der Waals surface area contributed by atoms with Crippen LogP contribution < -0.4 is 0 Å². The van der Waals surface area contributed by atoms with Crippen molar-refractivity contribution in [3.8, 4) is 0 Å². The van der Waals surface area contributed by atoms with E-state index in [1.807, 2.05) is 6.33 Å². The fraction of sp³-hybridized carbons (Fsp3) is 0.684. The van der Waals surface area contributed by atoms with Gasteiger partial charge in [-0.1, -0.05) is 33.6 Å². The summed E-state index contributed by atoms with van der Waals surface area (Å²) >= 11 is 0. The number of nitrogens with zero attached hydrogens (tertiary/aromatic N) is 3. The van der Waals surface area contributed by atoms with Gasteiger partial charge in [-0.2, -0.15) is 5.10 Å². The molecule has 0 spiro atoms. The molecule has 0 unspecified atom stereocenters. The molecule has 130 valence electrons. The highest BCUT2D eigenvalue weighted by Gasteiger charge is 2.34. The van der Waals surface area contributed by atoms with Gasteiger partial charge in [0.1, 0.15) is 0 Å². The van der Waals surface area contributed by atoms with E-state index in [0.717, 1.165) is 24.6 Å². The zero-order chi connectivity index (χ0) is 16.7. The van der Waals surface area contributed by atoms with Crippen LogP contribution in [0.4, 0.5) is 0 Å². The quantitative estimate of drug-likeness (QED) is 0.906. The number of H-pyrrole nitrogens is 2. The highest BCUT2D eigenvalue weighted by Crippen LogP contribution is 2.36. The monoisotopic (exact) mass is 327 g/mol. The number of nitrogens with one attached hydrogen (secondary N) is 2. The summed E-state index contributed by atoms with van der Waals surface area (Å²) in [6, 6.07) is 2.46. The first-order valence-electron chi connectivity index (χ1n) is 9.34. The average Bonchev–Trinajstić information content (AvgIpc) is 3.27. The molecule has 1 atom stereocenters. The molecule has 0 amide bonds. The minimum absolute atomic E-state index is 0.0636. The van der Waals surface area contributed by atoms with E-state index in [4.69, 9.17) is 0 Å². The Kier molecular flexibility index (Phi) is 3.99. The Labute approximate surface area is 144 Å². The highest BCUT2D eigenvalue weighted by molar-refractivity contribution is 5.30. The maximum Gasteiger partial charge on any atom is 0.0962 e. The second-order valence-electron chi connectivity index (χ2n) is 8.52. The van der Waals surface area contributed by atoms with Gasteiger partial charge >= 0.3 is 0 Å². The molecule has 1 fully saturated rings. The van der Waals surface area contributed by atoms with E-state index in [2.05, 4.69) is 51.9 Å². The number of hydrogen-bond acceptors (Lipinski definition) is 3. The van der Waals surface area contributed by atoms with Crippen molar-refractivity contribution in [2.75, 3.05) is 13.1 Å². The second-order valence-corrected chi connectivity index (χ2v) is 8.52. The molecule has 1 aliphatic heterocycles. The summed E-state index contributed by atoms with van der Waals surface area (Å²) in [5.74, 6) is 0.845. The zero-order valence-corrected chi connectivity index (χ0v) is 15.1. The fourth-order valence-corrected chi connectivity index (χ4v) is 4.25. The lowest BCUT2D eigenvalue weighted by Gasteiger charge is -2.35. The molecule has 1 saturated carbocycles. The zero-order valence-electron chi connectivity index (χ0n) is 15.1. The van der Waals surface area contributed by atoms with Crippen molar-refractivity contribution >= 4 is 0 Å². The number of hydrogen-bond donors (Lipinski definition) is 2. The van der Waals surface area contributed by atoms with Crippen molar-refractivity contribution in [3.63, 3.8) is 0 Å². The summed E-state index contributed by atoms with van der Waals surface area (Å²) in [4.78, 5) is 10.6. The summed E-state index contributed by atoms with van der Waals surface area (Å²) in [6.45, 7) is 8.92. The number of rotatable bonds is 3. The lowest BCUT2D eigenvalue weighted by Crippen LogP contribution is -2.39. The molecule has 2 aliphatic rings. The maximum absolute atomic E-state index is 4.67. The number of fused-ring (bicyclic) bond motifs is 1. The van der Waals surface area contributed by atoms with Gasteiger partial charge in [0.15, 0.2) is 0 Å². The third-order valence-corrected chi connectivity index (χ3v) is 5.65. The predicted octanol–water partition coefficient (Wildman–Crippen LogP) is 3.57. The molecule has 0 saturated heterocycles. The summed E-state index contributed by atoms with van der Waals surface area (Å²) in [5, 5.41) is 7.92. The van der Waals surface area contributed by atoms with Crippen LogP contribution in [0.5, 0.6) is 0 Å². The van der Waals surface area contributed by atoms with E-state index >= 15 is 0 Å². The van der Waals surface area contributed by atoms with E-state index in [0.29, 0.717) is 0 Å². The number of imidazole rings is 1. The van der Waals surface area contributed by atoms with Crippen LogP contribution in [0.15, 0.2) is 12.4 Å². The standard InChI is InChI=1S/C19H29N5/c1-19(2,3)16-10-15(22-23-16)18-17-14(20-12-21-17)8-9-24(18)11-13-6-4-5-7-13/h10,12-13,18H,4-9,11H2,1-3H3,(H,20,21)(H,22,23)/t18-/m1/s1. The van der Waals surface area contributed by atoms with Gasteiger partial charge in [0.05, 0.1) is 29.5 Å². The van der Waals surface area contributed by atoms with Gasteiger partial charge in [-0.3, -0.25) is 10.00 Å². The smallest absolute Gasteiger partial charge is 0.0962 e. The minimum atomic E-state index is 0.0636. The molecular formula is C19H29N5. The van der Waals surface area contributed by atoms with Crippen LogP contribution in [-0.4, -0.2) is 38.2 Å². The van der Waals surface area contributed by atoms with Crippen molar-refractivity contribution in [2.24, 2.45) is 5.92 Å². The summed E-state index contributed by atoms with van der Waals surface area (Å²) in [6.07, 6.45) is 8.47. The molecule has 2 aromatic heterocycles. The van der Waals surface area contributed by atoms with Crippen molar-refractivity contribution in [2.45, 2.75) is 64.3 Å². The summed E-state index contributed by atoms with van der Waals surface area (Å²) < 4.78 is 0. The molecule has 0 bridgehead atoms. The molecule has 4 rings (SSSR count). The lowest BCUT2D eigenvalue weighted by molar-refractivity contribution is 0.174. The molecule has 2 aromatic rings. The van der Waals surface area contributed by atoms with Crippen molar-refractivity contribution in [1.82, 2.24) is 25.1 Å². The Balaban J connectivity index is 1.66. The highest BCUT2D eigenvalue weighted by atomic mass is 15.2. The van der Waals surface area contributed by atoms with Gasteiger partial charge in [-0.15, -0.1) is 0 Å². The van der Waals surface area contributed by atoms with Crippen molar-refractivity contribution < 1.29 is 0 Å². The number of aromatic nitrogens is 4. The minimum Gasteiger partial charge on any atom is -0.348 e. The molecule has 0 radical (unpaired) electrons. The van der Waals surface area contributed by atoms with E-state index in [1.165, 1.54) is 49.3 Å². The van der Waals surface area contributed by atoms with Crippen LogP contribution in [-0.2, 0) is 11.8 Å². The molecule has 24 heavy (non-hydrogen) atoms. The third-order valence-electron chi connectivity index (χ3n) is 5.65. The Bertz CT molecular complexity index is 687. The summed E-state index contributed by atoms with van der Waals surface area (Å²) in [7, 11) is 0. The van der Waals surface area contributed by atoms with E-state index in [1.54, 1.807) is 0 Å². The third kappa shape index (κ3) is 2.90. The van der Waals surface area contributed by atoms with E-state index in [9.17, 15) is 0 Å². The molecular weight excluding hydrogens is 298 g/mol. The van der Waals surface area contributed by atoms with Crippen molar-refractivity contribution in [1.29, 1.82) is 0 Å². The Hall–Kier alpha value is -1.62. The maximum atomic E-state index is 4.67.